The maximum Gasteiger partial charge on any atom is 0.230 e. The minimum atomic E-state index is -0.567. The highest BCUT2D eigenvalue weighted by Crippen LogP contribution is 2.72. The topological polar surface area (TPSA) is 37.4 Å². The van der Waals surface area contributed by atoms with E-state index in [-0.39, 0.29) is 27.3 Å². The Kier molecular flexibility index (Phi) is 2.57. The van der Waals surface area contributed by atoms with Gasteiger partial charge in [0.1, 0.15) is 0 Å². The molecule has 4 heteroatoms. The van der Waals surface area contributed by atoms with Crippen molar-refractivity contribution < 1.29 is 9.59 Å². The van der Waals surface area contributed by atoms with Gasteiger partial charge in [0.25, 0.3) is 0 Å². The van der Waals surface area contributed by atoms with E-state index in [1.165, 1.54) is 0 Å². The first-order chi connectivity index (χ1) is 7.63. The lowest BCUT2D eigenvalue weighted by Crippen LogP contribution is -2.50. The highest BCUT2D eigenvalue weighted by atomic mass is 79.9. The van der Waals surface area contributed by atoms with Gasteiger partial charge in [-0.05, 0) is 18.3 Å². The van der Waals surface area contributed by atoms with Gasteiger partial charge in [-0.3, -0.25) is 9.59 Å². The zero-order valence-corrected chi connectivity index (χ0v) is 12.7. The maximum absolute atomic E-state index is 12.6. The summed E-state index contributed by atoms with van der Waals surface area (Å²) in [6.07, 6.45) is 1.62. The number of ketones is 1. The van der Waals surface area contributed by atoms with Gasteiger partial charge in [-0.25, -0.2) is 0 Å². The van der Waals surface area contributed by atoms with Crippen molar-refractivity contribution in [2.45, 2.75) is 38.4 Å². The number of carbonyl (C=O) groups excluding carboxylic acids is 2. The van der Waals surface area contributed by atoms with Crippen LogP contribution < -0.4 is 0 Å². The van der Waals surface area contributed by atoms with Crippen LogP contribution in [0.3, 0.4) is 0 Å². The van der Waals surface area contributed by atoms with E-state index in [0.717, 1.165) is 12.8 Å². The molecule has 2 fully saturated rings. The monoisotopic (exact) mass is 301 g/mol. The quantitative estimate of drug-likeness (QED) is 0.697. The summed E-state index contributed by atoms with van der Waals surface area (Å²) < 4.78 is 0. The van der Waals surface area contributed by atoms with Crippen molar-refractivity contribution in [3.05, 3.63) is 0 Å². The standard InChI is InChI=1S/C13H20BrNO2/c1-11(2)12(3)6-7-13(11,8(14)9(12)16)10(17)15(4)5/h8H,6-7H2,1-5H3/t8-,12+,13+/m0/s1. The first-order valence-electron chi connectivity index (χ1n) is 6.03. The summed E-state index contributed by atoms with van der Waals surface area (Å²) in [4.78, 5) is 26.3. The molecule has 2 aliphatic rings. The molecular formula is C13H20BrNO2. The van der Waals surface area contributed by atoms with Crippen molar-refractivity contribution in [1.29, 1.82) is 0 Å². The fourth-order valence-electron chi connectivity index (χ4n) is 3.82. The maximum atomic E-state index is 12.6. The summed E-state index contributed by atoms with van der Waals surface area (Å²) >= 11 is 3.50. The Morgan fingerprint density at radius 3 is 2.18 bits per heavy atom. The van der Waals surface area contributed by atoms with Crippen LogP contribution in [0.25, 0.3) is 0 Å². The largest absolute Gasteiger partial charge is 0.348 e. The molecule has 3 nitrogen and oxygen atoms in total. The van der Waals surface area contributed by atoms with Crippen molar-refractivity contribution in [3.8, 4) is 0 Å². The minimum absolute atomic E-state index is 0.0824. The number of amides is 1. The molecule has 1 amide bonds. The molecule has 0 aromatic carbocycles. The van der Waals surface area contributed by atoms with Crippen molar-refractivity contribution in [3.63, 3.8) is 0 Å². The average Bonchev–Trinajstić information content (AvgIpc) is 2.50. The van der Waals surface area contributed by atoms with Crippen molar-refractivity contribution in [1.82, 2.24) is 4.90 Å². The van der Waals surface area contributed by atoms with E-state index in [0.29, 0.717) is 0 Å². The van der Waals surface area contributed by atoms with Crippen LogP contribution in [0, 0.1) is 16.2 Å². The first kappa shape index (κ1) is 13.1. The van der Waals surface area contributed by atoms with Gasteiger partial charge >= 0.3 is 0 Å². The number of hydrogen-bond acceptors (Lipinski definition) is 2. The van der Waals surface area contributed by atoms with E-state index < -0.39 is 5.41 Å². The average molecular weight is 302 g/mol. The molecule has 0 N–H and O–H groups in total. The minimum Gasteiger partial charge on any atom is -0.348 e. The number of Topliss-reactive ketones (excluding diaryl/α,β-unsaturated/α-hetero) is 1. The van der Waals surface area contributed by atoms with Gasteiger partial charge in [-0.15, -0.1) is 0 Å². The molecule has 96 valence electrons. The van der Waals surface area contributed by atoms with Gasteiger partial charge < -0.3 is 4.90 Å². The second kappa shape index (κ2) is 3.34. The molecule has 3 atom stereocenters. The zero-order valence-electron chi connectivity index (χ0n) is 11.1. The van der Waals surface area contributed by atoms with E-state index >= 15 is 0 Å². The molecule has 0 aliphatic heterocycles. The number of rotatable bonds is 1. The first-order valence-corrected chi connectivity index (χ1v) is 6.94. The third-order valence-corrected chi connectivity index (χ3v) is 6.71. The van der Waals surface area contributed by atoms with E-state index in [9.17, 15) is 9.59 Å². The van der Waals surface area contributed by atoms with E-state index in [4.69, 9.17) is 0 Å². The molecule has 2 rings (SSSR count). The van der Waals surface area contributed by atoms with Crippen LogP contribution in [0.2, 0.25) is 0 Å². The van der Waals surface area contributed by atoms with E-state index in [1.54, 1.807) is 19.0 Å². The van der Waals surface area contributed by atoms with Crippen LogP contribution in [-0.2, 0) is 9.59 Å². The summed E-state index contributed by atoms with van der Waals surface area (Å²) in [7, 11) is 3.54. The molecule has 0 radical (unpaired) electrons. The summed E-state index contributed by atoms with van der Waals surface area (Å²) in [5.74, 6) is 0.280. The third kappa shape index (κ3) is 1.13. The fraction of sp³-hybridized carbons (Fsp3) is 0.846. The molecule has 2 aliphatic carbocycles. The normalized spacial score (nSPS) is 42.9. The van der Waals surface area contributed by atoms with E-state index in [1.807, 2.05) is 6.92 Å². The Labute approximate surface area is 111 Å². The Morgan fingerprint density at radius 2 is 1.82 bits per heavy atom. The SMILES string of the molecule is CN(C)C(=O)[C@@]12CC[C@](C)(C(=O)[C@@H]1Br)C2(C)C. The molecule has 0 unspecified atom stereocenters. The predicted octanol–water partition coefficient (Wildman–Crippen LogP) is 2.23. The number of hydrogen-bond donors (Lipinski definition) is 0. The number of carbonyl (C=O) groups is 2. The van der Waals surface area contributed by atoms with Crippen molar-refractivity contribution in [2.75, 3.05) is 14.1 Å². The predicted molar refractivity (Wildman–Crippen MR) is 70.0 cm³/mol. The van der Waals surface area contributed by atoms with Crippen LogP contribution in [0.15, 0.2) is 0 Å². The smallest absolute Gasteiger partial charge is 0.230 e. The zero-order chi connectivity index (χ0) is 13.2. The number of alkyl halides is 1. The molecule has 0 saturated heterocycles. The van der Waals surface area contributed by atoms with Crippen LogP contribution in [-0.4, -0.2) is 35.5 Å². The van der Waals surface area contributed by atoms with Gasteiger partial charge in [0.05, 0.1) is 10.2 Å². The number of fused-ring (bicyclic) bond motifs is 2. The highest BCUT2D eigenvalue weighted by molar-refractivity contribution is 9.10. The van der Waals surface area contributed by atoms with Gasteiger partial charge in [0, 0.05) is 19.5 Å². The summed E-state index contributed by atoms with van der Waals surface area (Å²) in [6.45, 7) is 6.16. The Morgan fingerprint density at radius 1 is 1.29 bits per heavy atom. The Balaban J connectivity index is 2.62. The highest BCUT2D eigenvalue weighted by Gasteiger charge is 2.76. The van der Waals surface area contributed by atoms with Crippen LogP contribution in [0.1, 0.15) is 33.6 Å². The fourth-order valence-corrected chi connectivity index (χ4v) is 5.33. The van der Waals surface area contributed by atoms with E-state index in [2.05, 4.69) is 29.8 Å². The van der Waals surface area contributed by atoms with Gasteiger partial charge in [-0.1, -0.05) is 36.7 Å². The van der Waals surface area contributed by atoms with Gasteiger partial charge in [0.2, 0.25) is 5.91 Å². The molecule has 0 spiro atoms. The summed E-state index contributed by atoms with van der Waals surface area (Å²) in [5.41, 5.74) is -1.22. The lowest BCUT2D eigenvalue weighted by Gasteiger charge is -2.41. The molecule has 0 heterocycles. The second-order valence-corrected chi connectivity index (χ2v) is 7.27. The molecule has 0 aromatic rings. The molecule has 17 heavy (non-hydrogen) atoms. The Hall–Kier alpha value is -0.380. The second-order valence-electron chi connectivity index (χ2n) is 6.35. The molecule has 2 saturated carbocycles. The van der Waals surface area contributed by atoms with Gasteiger partial charge in [-0.2, -0.15) is 0 Å². The molecule has 0 aromatic heterocycles. The lowest BCUT2D eigenvalue weighted by molar-refractivity contribution is -0.144. The molecule has 2 bridgehead atoms. The Bertz CT molecular complexity index is 404. The lowest BCUT2D eigenvalue weighted by atomic mass is 9.64. The summed E-state index contributed by atoms with van der Waals surface area (Å²) in [5, 5.41) is 0. The number of halogens is 1. The molecular weight excluding hydrogens is 282 g/mol. The third-order valence-electron chi connectivity index (χ3n) is 5.51. The van der Waals surface area contributed by atoms with Crippen molar-refractivity contribution >= 4 is 27.6 Å². The van der Waals surface area contributed by atoms with Crippen LogP contribution in [0.4, 0.5) is 0 Å². The van der Waals surface area contributed by atoms with Crippen LogP contribution in [0.5, 0.6) is 0 Å². The van der Waals surface area contributed by atoms with Crippen LogP contribution >= 0.6 is 15.9 Å². The van der Waals surface area contributed by atoms with Gasteiger partial charge in [0.15, 0.2) is 5.78 Å². The van der Waals surface area contributed by atoms with Crippen molar-refractivity contribution in [2.24, 2.45) is 16.2 Å². The number of nitrogens with zero attached hydrogens (tertiary/aromatic N) is 1. The summed E-state index contributed by atoms with van der Waals surface area (Å²) in [6, 6.07) is 0.